The summed E-state index contributed by atoms with van der Waals surface area (Å²) in [5.41, 5.74) is -0.840. The third-order valence-electron chi connectivity index (χ3n) is 4.31. The van der Waals surface area contributed by atoms with Crippen LogP contribution in [0.4, 0.5) is 4.79 Å². The molecule has 0 bridgehead atoms. The van der Waals surface area contributed by atoms with Gasteiger partial charge in [-0.25, -0.2) is 4.79 Å². The number of nitrogens with zero attached hydrogens (tertiary/aromatic N) is 1. The largest absolute Gasteiger partial charge is 0.383 e. The summed E-state index contributed by atoms with van der Waals surface area (Å²) in [4.78, 5) is 37.6. The van der Waals surface area contributed by atoms with Crippen LogP contribution in [0, 0.1) is 5.92 Å². The lowest BCUT2D eigenvalue weighted by Crippen LogP contribution is -2.55. The van der Waals surface area contributed by atoms with E-state index in [4.69, 9.17) is 4.74 Å². The molecule has 21 heavy (non-hydrogen) atoms. The van der Waals surface area contributed by atoms with Crippen LogP contribution < -0.4 is 10.6 Å². The Balaban J connectivity index is 2.06. The molecule has 1 aliphatic heterocycles. The molecule has 4 amide bonds. The van der Waals surface area contributed by atoms with E-state index in [9.17, 15) is 14.4 Å². The van der Waals surface area contributed by atoms with Gasteiger partial charge < -0.3 is 15.0 Å². The number of urea groups is 1. The molecule has 1 heterocycles. The van der Waals surface area contributed by atoms with Gasteiger partial charge in [0, 0.05) is 13.7 Å². The van der Waals surface area contributed by atoms with Crippen molar-refractivity contribution in [2.75, 3.05) is 26.8 Å². The molecule has 1 saturated heterocycles. The minimum absolute atomic E-state index is 0.0893. The Morgan fingerprint density at radius 2 is 2.29 bits per heavy atom. The van der Waals surface area contributed by atoms with E-state index >= 15 is 0 Å². The average Bonchev–Trinajstić information content (AvgIpc) is 2.63. The maximum Gasteiger partial charge on any atom is 0.325 e. The second-order valence-electron chi connectivity index (χ2n) is 5.92. The molecule has 7 heteroatoms. The van der Waals surface area contributed by atoms with Crippen molar-refractivity contribution < 1.29 is 19.1 Å². The quantitative estimate of drug-likeness (QED) is 0.562. The number of carbonyl (C=O) groups is 3. The fraction of sp³-hybridized carbons (Fsp3) is 0.786. The molecule has 118 valence electrons. The molecule has 1 spiro atoms. The van der Waals surface area contributed by atoms with E-state index in [1.807, 2.05) is 0 Å². The maximum atomic E-state index is 12.2. The summed E-state index contributed by atoms with van der Waals surface area (Å²) in [6.45, 7) is 2.79. The summed E-state index contributed by atoms with van der Waals surface area (Å²) in [5, 5.41) is 5.05. The van der Waals surface area contributed by atoms with Crippen molar-refractivity contribution in [2.24, 2.45) is 5.92 Å². The fourth-order valence-corrected chi connectivity index (χ4v) is 3.29. The van der Waals surface area contributed by atoms with E-state index in [1.54, 1.807) is 7.11 Å². The molecule has 2 aliphatic rings. The molecule has 1 saturated carbocycles. The number of imide groups is 1. The van der Waals surface area contributed by atoms with Gasteiger partial charge in [0.15, 0.2) is 0 Å². The Kier molecular flexibility index (Phi) is 4.82. The highest BCUT2D eigenvalue weighted by molar-refractivity contribution is 6.08. The van der Waals surface area contributed by atoms with Crippen LogP contribution >= 0.6 is 0 Å². The van der Waals surface area contributed by atoms with Crippen LogP contribution in [0.1, 0.15) is 32.6 Å². The first kappa shape index (κ1) is 15.8. The van der Waals surface area contributed by atoms with E-state index < -0.39 is 11.6 Å². The van der Waals surface area contributed by atoms with Gasteiger partial charge in [-0.1, -0.05) is 19.8 Å². The Morgan fingerprint density at radius 1 is 1.52 bits per heavy atom. The lowest BCUT2D eigenvalue weighted by Gasteiger charge is -2.40. The normalized spacial score (nSPS) is 28.9. The Bertz CT molecular complexity index is 440. The van der Waals surface area contributed by atoms with Gasteiger partial charge in [0.25, 0.3) is 5.91 Å². The van der Waals surface area contributed by atoms with Crippen LogP contribution in [0.2, 0.25) is 0 Å². The number of hydrogen-bond acceptors (Lipinski definition) is 4. The van der Waals surface area contributed by atoms with Crippen LogP contribution in [0.25, 0.3) is 0 Å². The Labute approximate surface area is 124 Å². The highest BCUT2D eigenvalue weighted by Crippen LogP contribution is 2.39. The topological polar surface area (TPSA) is 87.7 Å². The van der Waals surface area contributed by atoms with Gasteiger partial charge in [-0.05, 0) is 18.8 Å². The van der Waals surface area contributed by atoms with Crippen molar-refractivity contribution in [3.63, 3.8) is 0 Å². The van der Waals surface area contributed by atoms with E-state index in [0.29, 0.717) is 31.9 Å². The number of methoxy groups -OCH3 is 1. The number of rotatable bonds is 5. The number of hydrogen-bond donors (Lipinski definition) is 2. The highest BCUT2D eigenvalue weighted by atomic mass is 16.5. The summed E-state index contributed by atoms with van der Waals surface area (Å²) in [7, 11) is 1.55. The second-order valence-corrected chi connectivity index (χ2v) is 5.92. The average molecular weight is 297 g/mol. The number of ether oxygens (including phenoxy) is 1. The number of nitrogens with one attached hydrogen (secondary N) is 2. The molecular formula is C14H23N3O4. The minimum atomic E-state index is -0.840. The van der Waals surface area contributed by atoms with Crippen molar-refractivity contribution in [1.82, 2.24) is 15.5 Å². The lowest BCUT2D eigenvalue weighted by molar-refractivity contribution is -0.131. The van der Waals surface area contributed by atoms with Gasteiger partial charge in [0.1, 0.15) is 12.1 Å². The molecule has 2 rings (SSSR count). The van der Waals surface area contributed by atoms with Crippen molar-refractivity contribution in [3.8, 4) is 0 Å². The highest BCUT2D eigenvalue weighted by Gasteiger charge is 2.54. The van der Waals surface area contributed by atoms with E-state index in [2.05, 4.69) is 17.6 Å². The predicted octanol–water partition coefficient (Wildman–Crippen LogP) is 0.250. The summed E-state index contributed by atoms with van der Waals surface area (Å²) >= 11 is 0. The van der Waals surface area contributed by atoms with Crippen LogP contribution in [0.15, 0.2) is 0 Å². The second kappa shape index (κ2) is 6.43. The van der Waals surface area contributed by atoms with Crippen molar-refractivity contribution in [2.45, 2.75) is 38.1 Å². The van der Waals surface area contributed by atoms with Crippen molar-refractivity contribution >= 4 is 17.8 Å². The van der Waals surface area contributed by atoms with Gasteiger partial charge in [-0.15, -0.1) is 0 Å². The molecule has 0 aromatic heterocycles. The third kappa shape index (κ3) is 3.18. The van der Waals surface area contributed by atoms with E-state index in [-0.39, 0.29) is 18.4 Å². The van der Waals surface area contributed by atoms with Crippen molar-refractivity contribution in [3.05, 3.63) is 0 Å². The zero-order valence-corrected chi connectivity index (χ0v) is 12.6. The van der Waals surface area contributed by atoms with Gasteiger partial charge in [0.05, 0.1) is 6.61 Å². The molecule has 0 aromatic rings. The maximum absolute atomic E-state index is 12.2. The molecule has 0 radical (unpaired) electrons. The monoisotopic (exact) mass is 297 g/mol. The Morgan fingerprint density at radius 3 is 2.95 bits per heavy atom. The number of amides is 4. The molecule has 2 unspecified atom stereocenters. The van der Waals surface area contributed by atoms with Gasteiger partial charge >= 0.3 is 6.03 Å². The van der Waals surface area contributed by atoms with Crippen LogP contribution in [-0.4, -0.2) is 55.1 Å². The van der Waals surface area contributed by atoms with Crippen LogP contribution in [-0.2, 0) is 14.3 Å². The summed E-state index contributed by atoms with van der Waals surface area (Å²) in [6.07, 6.45) is 3.19. The molecule has 2 N–H and O–H groups in total. The van der Waals surface area contributed by atoms with Crippen LogP contribution in [0.3, 0.4) is 0 Å². The fourth-order valence-electron chi connectivity index (χ4n) is 3.29. The molecule has 2 fully saturated rings. The third-order valence-corrected chi connectivity index (χ3v) is 4.31. The van der Waals surface area contributed by atoms with Crippen LogP contribution in [0.5, 0.6) is 0 Å². The molecule has 0 aromatic carbocycles. The summed E-state index contributed by atoms with van der Waals surface area (Å²) in [6, 6.07) is -0.462. The number of carbonyl (C=O) groups excluding carboxylic acids is 3. The van der Waals surface area contributed by atoms with E-state index in [0.717, 1.165) is 12.8 Å². The first-order chi connectivity index (χ1) is 9.99. The lowest BCUT2D eigenvalue weighted by atomic mass is 9.75. The smallest absolute Gasteiger partial charge is 0.325 e. The SMILES string of the molecule is COCCNC(=O)CN1C(=O)NC(=O)C12CCCC(C)C2. The summed E-state index contributed by atoms with van der Waals surface area (Å²) < 4.78 is 4.86. The first-order valence-corrected chi connectivity index (χ1v) is 7.38. The van der Waals surface area contributed by atoms with Gasteiger partial charge in [0.2, 0.25) is 5.91 Å². The standard InChI is InChI=1S/C14H23N3O4/c1-10-4-3-5-14(8-10)12(19)16-13(20)17(14)9-11(18)15-6-7-21-2/h10H,3-9H2,1-2H3,(H,15,18)(H,16,19,20). The van der Waals surface area contributed by atoms with Crippen molar-refractivity contribution in [1.29, 1.82) is 0 Å². The van der Waals surface area contributed by atoms with Gasteiger partial charge in [-0.3, -0.25) is 14.9 Å². The zero-order chi connectivity index (χ0) is 15.5. The molecule has 7 nitrogen and oxygen atoms in total. The zero-order valence-electron chi connectivity index (χ0n) is 12.6. The minimum Gasteiger partial charge on any atom is -0.383 e. The molecule has 2 atom stereocenters. The Hall–Kier alpha value is -1.63. The predicted molar refractivity (Wildman–Crippen MR) is 75.5 cm³/mol. The van der Waals surface area contributed by atoms with E-state index in [1.165, 1.54) is 4.90 Å². The molecule has 1 aliphatic carbocycles. The first-order valence-electron chi connectivity index (χ1n) is 7.38. The summed E-state index contributed by atoms with van der Waals surface area (Å²) in [5.74, 6) is -0.160. The molecular weight excluding hydrogens is 274 g/mol. The van der Waals surface area contributed by atoms with Gasteiger partial charge in [-0.2, -0.15) is 0 Å².